The smallest absolute Gasteiger partial charge is 0.326 e. The van der Waals surface area contributed by atoms with Gasteiger partial charge in [0.25, 0.3) is 0 Å². The Labute approximate surface area is 101 Å². The van der Waals surface area contributed by atoms with E-state index in [-0.39, 0.29) is 24.2 Å². The second-order valence-electron chi connectivity index (χ2n) is 6.05. The Hall–Kier alpha value is -1.13. The average molecular weight is 245 g/mol. The molecule has 1 aliphatic carbocycles. The first-order valence-electron chi connectivity index (χ1n) is 5.82. The fourth-order valence-electron chi connectivity index (χ4n) is 1.63. The zero-order chi connectivity index (χ0) is 13.3. The number of halogens is 1. The van der Waals surface area contributed by atoms with E-state index in [1.165, 1.54) is 0 Å². The summed E-state index contributed by atoms with van der Waals surface area (Å²) in [6.45, 7) is 5.67. The highest BCUT2D eigenvalue weighted by atomic mass is 19.1. The largest absolute Gasteiger partial charge is 0.480 e. The number of amides is 1. The van der Waals surface area contributed by atoms with Crippen LogP contribution in [0.4, 0.5) is 4.39 Å². The van der Waals surface area contributed by atoms with E-state index in [1.54, 1.807) is 0 Å². The zero-order valence-electron chi connectivity index (χ0n) is 10.5. The van der Waals surface area contributed by atoms with E-state index in [0.29, 0.717) is 12.8 Å². The molecule has 1 rings (SSSR count). The van der Waals surface area contributed by atoms with Gasteiger partial charge in [-0.1, -0.05) is 20.8 Å². The van der Waals surface area contributed by atoms with Gasteiger partial charge in [-0.05, 0) is 18.3 Å². The molecule has 1 amide bonds. The number of alkyl halides is 1. The van der Waals surface area contributed by atoms with Crippen LogP contribution in [0.1, 0.15) is 46.5 Å². The maximum absolute atomic E-state index is 13.5. The molecule has 0 heterocycles. The quantitative estimate of drug-likeness (QED) is 0.777. The Morgan fingerprint density at radius 2 is 1.94 bits per heavy atom. The first-order chi connectivity index (χ1) is 7.61. The summed E-state index contributed by atoms with van der Waals surface area (Å²) in [7, 11) is 0. The van der Waals surface area contributed by atoms with Gasteiger partial charge in [-0.2, -0.15) is 0 Å². The lowest BCUT2D eigenvalue weighted by molar-refractivity contribution is -0.142. The molecule has 1 saturated carbocycles. The molecule has 0 unspecified atom stereocenters. The second kappa shape index (κ2) is 4.63. The van der Waals surface area contributed by atoms with Crippen LogP contribution in [0.15, 0.2) is 0 Å². The summed E-state index contributed by atoms with van der Waals surface area (Å²) in [6.07, 6.45) is 0.895. The van der Waals surface area contributed by atoms with Gasteiger partial charge in [-0.3, -0.25) is 4.79 Å². The predicted molar refractivity (Wildman–Crippen MR) is 61.3 cm³/mol. The number of carbonyl (C=O) groups excluding carboxylic acids is 1. The Balaban J connectivity index is 2.49. The van der Waals surface area contributed by atoms with Crippen molar-refractivity contribution in [3.05, 3.63) is 0 Å². The van der Waals surface area contributed by atoms with Crippen molar-refractivity contribution in [1.82, 2.24) is 5.32 Å². The maximum atomic E-state index is 13.5. The molecule has 4 nitrogen and oxygen atoms in total. The van der Waals surface area contributed by atoms with Crippen molar-refractivity contribution in [2.24, 2.45) is 5.41 Å². The SMILES string of the molecule is CC(C)(C)CC(=O)N[C@@H](CC1(F)CC1)C(=O)O. The lowest BCUT2D eigenvalue weighted by Gasteiger charge is -2.21. The summed E-state index contributed by atoms with van der Waals surface area (Å²) in [5.41, 5.74) is -1.59. The van der Waals surface area contributed by atoms with Crippen LogP contribution in [0.3, 0.4) is 0 Å². The van der Waals surface area contributed by atoms with Crippen LogP contribution < -0.4 is 5.32 Å². The van der Waals surface area contributed by atoms with Crippen LogP contribution in [-0.4, -0.2) is 28.7 Å². The second-order valence-corrected chi connectivity index (χ2v) is 6.05. The van der Waals surface area contributed by atoms with Crippen LogP contribution >= 0.6 is 0 Å². The summed E-state index contributed by atoms with van der Waals surface area (Å²) in [5.74, 6) is -1.51. The van der Waals surface area contributed by atoms with Gasteiger partial charge < -0.3 is 10.4 Å². The molecular weight excluding hydrogens is 225 g/mol. The van der Waals surface area contributed by atoms with Crippen molar-refractivity contribution < 1.29 is 19.1 Å². The Bertz CT molecular complexity index is 318. The van der Waals surface area contributed by atoms with Crippen LogP contribution in [-0.2, 0) is 9.59 Å². The third-order valence-electron chi connectivity index (χ3n) is 2.69. The maximum Gasteiger partial charge on any atom is 0.326 e. The van der Waals surface area contributed by atoms with Crippen LogP contribution in [0.5, 0.6) is 0 Å². The molecule has 1 atom stereocenters. The molecule has 1 aliphatic rings. The van der Waals surface area contributed by atoms with Gasteiger partial charge in [-0.25, -0.2) is 9.18 Å². The molecule has 17 heavy (non-hydrogen) atoms. The highest BCUT2D eigenvalue weighted by Crippen LogP contribution is 2.43. The van der Waals surface area contributed by atoms with E-state index in [1.807, 2.05) is 20.8 Å². The number of nitrogens with one attached hydrogen (secondary N) is 1. The molecule has 0 radical (unpaired) electrons. The summed E-state index contributed by atoms with van der Waals surface area (Å²) < 4.78 is 13.5. The molecule has 0 aliphatic heterocycles. The van der Waals surface area contributed by atoms with Gasteiger partial charge >= 0.3 is 5.97 Å². The van der Waals surface area contributed by atoms with Gasteiger partial charge in [0.05, 0.1) is 0 Å². The van der Waals surface area contributed by atoms with E-state index in [0.717, 1.165) is 0 Å². The molecule has 2 N–H and O–H groups in total. The van der Waals surface area contributed by atoms with Crippen molar-refractivity contribution in [1.29, 1.82) is 0 Å². The zero-order valence-corrected chi connectivity index (χ0v) is 10.5. The Morgan fingerprint density at radius 3 is 2.29 bits per heavy atom. The van der Waals surface area contributed by atoms with E-state index < -0.39 is 17.7 Å². The topological polar surface area (TPSA) is 66.4 Å². The molecule has 0 saturated heterocycles. The molecule has 5 heteroatoms. The van der Waals surface area contributed by atoms with E-state index in [4.69, 9.17) is 5.11 Å². The fourth-order valence-corrected chi connectivity index (χ4v) is 1.63. The summed E-state index contributed by atoms with van der Waals surface area (Å²) in [6, 6.07) is -1.11. The third kappa shape index (κ3) is 5.15. The van der Waals surface area contributed by atoms with Gasteiger partial charge in [0.2, 0.25) is 5.91 Å². The van der Waals surface area contributed by atoms with Crippen molar-refractivity contribution in [3.8, 4) is 0 Å². The lowest BCUT2D eigenvalue weighted by atomic mass is 9.91. The predicted octanol–water partition coefficient (Wildman–Crippen LogP) is 1.88. The van der Waals surface area contributed by atoms with E-state index >= 15 is 0 Å². The molecule has 0 spiro atoms. The highest BCUT2D eigenvalue weighted by Gasteiger charge is 2.46. The summed E-state index contributed by atoms with van der Waals surface area (Å²) in [5, 5.41) is 11.3. The molecule has 98 valence electrons. The Morgan fingerprint density at radius 1 is 1.41 bits per heavy atom. The van der Waals surface area contributed by atoms with Gasteiger partial charge in [0.1, 0.15) is 11.7 Å². The number of carbonyl (C=O) groups is 2. The average Bonchev–Trinajstić information content (AvgIpc) is 2.78. The first-order valence-corrected chi connectivity index (χ1v) is 5.82. The van der Waals surface area contributed by atoms with E-state index in [2.05, 4.69) is 5.32 Å². The van der Waals surface area contributed by atoms with Crippen molar-refractivity contribution in [2.75, 3.05) is 0 Å². The number of hydrogen-bond acceptors (Lipinski definition) is 2. The van der Waals surface area contributed by atoms with Crippen molar-refractivity contribution >= 4 is 11.9 Å². The van der Waals surface area contributed by atoms with Crippen LogP contribution in [0.2, 0.25) is 0 Å². The van der Waals surface area contributed by atoms with E-state index in [9.17, 15) is 14.0 Å². The molecule has 0 aromatic carbocycles. The van der Waals surface area contributed by atoms with Gasteiger partial charge in [0.15, 0.2) is 0 Å². The molecule has 0 bridgehead atoms. The molecular formula is C12H20FNO3. The molecule has 1 fully saturated rings. The summed E-state index contributed by atoms with van der Waals surface area (Å²) >= 11 is 0. The minimum atomic E-state index is -1.38. The number of carboxylic acid groups (broad SMARTS) is 1. The van der Waals surface area contributed by atoms with Gasteiger partial charge in [-0.15, -0.1) is 0 Å². The molecule has 0 aromatic rings. The number of hydrogen-bond donors (Lipinski definition) is 2. The minimum absolute atomic E-state index is 0.127. The third-order valence-corrected chi connectivity index (χ3v) is 2.69. The molecule has 0 aromatic heterocycles. The number of aliphatic carboxylic acids is 1. The number of rotatable bonds is 5. The van der Waals surface area contributed by atoms with Gasteiger partial charge in [0, 0.05) is 12.8 Å². The monoisotopic (exact) mass is 245 g/mol. The van der Waals surface area contributed by atoms with Crippen molar-refractivity contribution in [3.63, 3.8) is 0 Å². The standard InChI is InChI=1S/C12H20FNO3/c1-11(2,3)7-9(15)14-8(10(16)17)6-12(13)4-5-12/h8H,4-7H2,1-3H3,(H,14,15)(H,16,17)/t8-/m0/s1. The van der Waals surface area contributed by atoms with Crippen molar-refractivity contribution in [2.45, 2.75) is 58.2 Å². The minimum Gasteiger partial charge on any atom is -0.480 e. The lowest BCUT2D eigenvalue weighted by Crippen LogP contribution is -2.43. The normalized spacial score (nSPS) is 19.5. The highest BCUT2D eigenvalue weighted by molar-refractivity contribution is 5.83. The van der Waals surface area contributed by atoms with Crippen LogP contribution in [0.25, 0.3) is 0 Å². The first kappa shape index (κ1) is 13.9. The summed E-state index contributed by atoms with van der Waals surface area (Å²) in [4.78, 5) is 22.5. The Kier molecular flexibility index (Phi) is 3.79. The number of carboxylic acids is 1. The fraction of sp³-hybridized carbons (Fsp3) is 0.833. The van der Waals surface area contributed by atoms with Crippen LogP contribution in [0, 0.1) is 5.41 Å².